The summed E-state index contributed by atoms with van der Waals surface area (Å²) >= 11 is 0. The standard InChI is InChI=1S/C30H46O7/c1-16(2)17(3)12-26(34)29(7,35)25-9-11-30(36)20-13-22(32)21-14-23(33)24(37-18(4)31)15-27(21,5)19(20)8-10-28(25,30)6/h13,16,19,21,23-26,33-36H,3,8-12,14-15H2,1-2,4-7H3/t19-,21+,23+,24-,25-,26+,27+,28+,29+,30+/m0/s1. The molecule has 0 saturated heterocycles. The van der Waals surface area contributed by atoms with E-state index in [0.29, 0.717) is 44.1 Å². The number of carbonyl (C=O) groups excluding carboxylic acids is 2. The summed E-state index contributed by atoms with van der Waals surface area (Å²) in [6, 6.07) is 0. The molecule has 4 rings (SSSR count). The van der Waals surface area contributed by atoms with E-state index in [4.69, 9.17) is 4.74 Å². The van der Waals surface area contributed by atoms with Gasteiger partial charge in [0.05, 0.1) is 23.4 Å². The van der Waals surface area contributed by atoms with Crippen LogP contribution in [0.1, 0.15) is 86.5 Å². The van der Waals surface area contributed by atoms with E-state index in [1.807, 2.05) is 27.7 Å². The number of hydrogen-bond acceptors (Lipinski definition) is 7. The highest BCUT2D eigenvalue weighted by Crippen LogP contribution is 2.68. The smallest absolute Gasteiger partial charge is 0.302 e. The highest BCUT2D eigenvalue weighted by molar-refractivity contribution is 5.95. The lowest BCUT2D eigenvalue weighted by Crippen LogP contribution is -2.63. The van der Waals surface area contributed by atoms with Gasteiger partial charge in [-0.05, 0) is 86.7 Å². The van der Waals surface area contributed by atoms with Crippen molar-refractivity contribution in [1.82, 2.24) is 0 Å². The average molecular weight is 519 g/mol. The second-order valence-corrected chi connectivity index (χ2v) is 13.4. The number of allylic oxidation sites excluding steroid dienone is 1. The van der Waals surface area contributed by atoms with Gasteiger partial charge in [0.25, 0.3) is 0 Å². The molecular weight excluding hydrogens is 472 g/mol. The first-order valence-electron chi connectivity index (χ1n) is 13.9. The molecule has 4 aliphatic rings. The first-order chi connectivity index (χ1) is 17.0. The summed E-state index contributed by atoms with van der Waals surface area (Å²) in [6.45, 7) is 15.1. The molecule has 0 aromatic carbocycles. The third kappa shape index (κ3) is 4.25. The molecule has 0 aromatic rings. The maximum absolute atomic E-state index is 13.5. The van der Waals surface area contributed by atoms with Gasteiger partial charge < -0.3 is 25.2 Å². The van der Waals surface area contributed by atoms with Crippen LogP contribution in [0.2, 0.25) is 0 Å². The molecule has 0 bridgehead atoms. The largest absolute Gasteiger partial charge is 0.460 e. The quantitative estimate of drug-likeness (QED) is 0.313. The Bertz CT molecular complexity index is 998. The van der Waals surface area contributed by atoms with Crippen molar-refractivity contribution >= 4 is 11.8 Å². The third-order valence-corrected chi connectivity index (χ3v) is 11.1. The van der Waals surface area contributed by atoms with Gasteiger partial charge >= 0.3 is 5.97 Å². The Kier molecular flexibility index (Phi) is 7.14. The Balaban J connectivity index is 1.67. The molecule has 3 saturated carbocycles. The van der Waals surface area contributed by atoms with Gasteiger partial charge in [0, 0.05) is 18.3 Å². The van der Waals surface area contributed by atoms with Crippen molar-refractivity contribution in [3.8, 4) is 0 Å². The lowest BCUT2D eigenvalue weighted by Gasteiger charge is -2.60. The van der Waals surface area contributed by atoms with Gasteiger partial charge in [-0.15, -0.1) is 0 Å². The number of rotatable bonds is 6. The van der Waals surface area contributed by atoms with Crippen LogP contribution in [-0.4, -0.2) is 61.7 Å². The van der Waals surface area contributed by atoms with Gasteiger partial charge in [0.2, 0.25) is 0 Å². The Hall–Kier alpha value is -1.54. The predicted molar refractivity (Wildman–Crippen MR) is 139 cm³/mol. The highest BCUT2D eigenvalue weighted by atomic mass is 16.6. The van der Waals surface area contributed by atoms with Gasteiger partial charge in [-0.1, -0.05) is 39.8 Å². The zero-order valence-corrected chi connectivity index (χ0v) is 23.3. The van der Waals surface area contributed by atoms with Crippen molar-refractivity contribution < 1.29 is 34.8 Å². The second-order valence-electron chi connectivity index (χ2n) is 13.4. The monoisotopic (exact) mass is 518 g/mol. The molecule has 0 heterocycles. The molecule has 0 amide bonds. The molecule has 37 heavy (non-hydrogen) atoms. The van der Waals surface area contributed by atoms with E-state index in [2.05, 4.69) is 6.58 Å². The molecule has 0 radical (unpaired) electrons. The predicted octanol–water partition coefficient (Wildman–Crippen LogP) is 3.48. The summed E-state index contributed by atoms with van der Waals surface area (Å²) < 4.78 is 5.45. The lowest BCUT2D eigenvalue weighted by molar-refractivity contribution is -0.181. The minimum Gasteiger partial charge on any atom is -0.460 e. The van der Waals surface area contributed by atoms with E-state index in [0.717, 1.165) is 5.57 Å². The second kappa shape index (κ2) is 9.29. The maximum Gasteiger partial charge on any atom is 0.302 e. The Morgan fingerprint density at radius 1 is 1.24 bits per heavy atom. The van der Waals surface area contributed by atoms with Gasteiger partial charge in [-0.2, -0.15) is 0 Å². The van der Waals surface area contributed by atoms with Crippen molar-refractivity contribution in [2.24, 2.45) is 34.5 Å². The number of ketones is 1. The summed E-state index contributed by atoms with van der Waals surface area (Å²) in [6.07, 6.45) is 2.14. The summed E-state index contributed by atoms with van der Waals surface area (Å²) in [7, 11) is 0. The Labute approximate surface area is 221 Å². The number of esters is 1. The Morgan fingerprint density at radius 2 is 1.89 bits per heavy atom. The van der Waals surface area contributed by atoms with Crippen LogP contribution in [0.25, 0.3) is 0 Å². The molecule has 7 nitrogen and oxygen atoms in total. The molecule has 0 aliphatic heterocycles. The molecule has 4 N–H and O–H groups in total. The highest BCUT2D eigenvalue weighted by Gasteiger charge is 2.69. The minimum atomic E-state index is -1.44. The van der Waals surface area contributed by atoms with Gasteiger partial charge in [0.1, 0.15) is 6.10 Å². The minimum absolute atomic E-state index is 0.102. The molecule has 208 valence electrons. The average Bonchev–Trinajstić information content (AvgIpc) is 3.07. The number of aliphatic hydroxyl groups is 4. The van der Waals surface area contributed by atoms with Crippen molar-refractivity contribution in [2.45, 2.75) is 116 Å². The Morgan fingerprint density at radius 3 is 2.49 bits per heavy atom. The van der Waals surface area contributed by atoms with Crippen LogP contribution in [-0.2, 0) is 14.3 Å². The zero-order valence-electron chi connectivity index (χ0n) is 23.3. The van der Waals surface area contributed by atoms with E-state index in [1.165, 1.54) is 6.92 Å². The van der Waals surface area contributed by atoms with Gasteiger partial charge in [-0.3, -0.25) is 9.59 Å². The number of carbonyl (C=O) groups is 2. The molecule has 0 aromatic heterocycles. The van der Waals surface area contributed by atoms with Crippen LogP contribution in [0, 0.1) is 34.5 Å². The molecule has 4 aliphatic carbocycles. The fourth-order valence-electron chi connectivity index (χ4n) is 8.54. The van der Waals surface area contributed by atoms with Crippen LogP contribution in [0.5, 0.6) is 0 Å². The fourth-order valence-corrected chi connectivity index (χ4v) is 8.54. The summed E-state index contributed by atoms with van der Waals surface area (Å²) in [5, 5.41) is 45.8. The maximum atomic E-state index is 13.5. The first kappa shape index (κ1) is 28.5. The van der Waals surface area contributed by atoms with Crippen LogP contribution in [0.3, 0.4) is 0 Å². The van der Waals surface area contributed by atoms with Gasteiger partial charge in [-0.25, -0.2) is 0 Å². The number of fused-ring (bicyclic) bond motifs is 5. The van der Waals surface area contributed by atoms with E-state index < -0.39 is 52.2 Å². The topological polar surface area (TPSA) is 124 Å². The van der Waals surface area contributed by atoms with Crippen LogP contribution < -0.4 is 0 Å². The van der Waals surface area contributed by atoms with E-state index in [1.54, 1.807) is 13.0 Å². The van der Waals surface area contributed by atoms with Crippen molar-refractivity contribution in [1.29, 1.82) is 0 Å². The number of ether oxygens (including phenoxy) is 1. The first-order valence-corrected chi connectivity index (χ1v) is 13.9. The fraction of sp³-hybridized carbons (Fsp3) is 0.800. The van der Waals surface area contributed by atoms with Crippen LogP contribution in [0.15, 0.2) is 23.8 Å². The SMILES string of the molecule is C=C(C[C@@H](O)[C@](C)(O)[C@H]1CC[C@@]2(O)C3=CC(=O)[C@H]4C[C@@H](O)[C@@H](OC(C)=O)C[C@]4(C)[C@H]3CC[C@]12C)C(C)C. The van der Waals surface area contributed by atoms with Crippen LogP contribution in [0.4, 0.5) is 0 Å². The van der Waals surface area contributed by atoms with Crippen LogP contribution >= 0.6 is 0 Å². The summed E-state index contributed by atoms with van der Waals surface area (Å²) in [5.41, 5.74) is -2.45. The molecule has 0 spiro atoms. The van der Waals surface area contributed by atoms with Crippen molar-refractivity contribution in [3.05, 3.63) is 23.8 Å². The summed E-state index contributed by atoms with van der Waals surface area (Å²) in [4.78, 5) is 25.2. The van der Waals surface area contributed by atoms with Gasteiger partial charge in [0.15, 0.2) is 5.78 Å². The third-order valence-electron chi connectivity index (χ3n) is 11.1. The molecule has 10 atom stereocenters. The van der Waals surface area contributed by atoms with E-state index >= 15 is 0 Å². The molecule has 7 heteroatoms. The molecule has 0 unspecified atom stereocenters. The number of aliphatic hydroxyl groups excluding tert-OH is 2. The van der Waals surface area contributed by atoms with Crippen molar-refractivity contribution in [3.63, 3.8) is 0 Å². The van der Waals surface area contributed by atoms with E-state index in [9.17, 15) is 30.0 Å². The van der Waals surface area contributed by atoms with Crippen molar-refractivity contribution in [2.75, 3.05) is 0 Å². The number of hydrogen-bond donors (Lipinski definition) is 4. The molecular formula is C30H46O7. The molecule has 3 fully saturated rings. The van der Waals surface area contributed by atoms with E-state index in [-0.39, 0.29) is 30.0 Å². The summed E-state index contributed by atoms with van der Waals surface area (Å²) in [5.74, 6) is -1.25. The lowest BCUT2D eigenvalue weighted by atomic mass is 9.45. The zero-order chi connectivity index (χ0) is 27.7. The normalized spacial score (nSPS) is 43.7.